The average Bonchev–Trinajstić information content (AvgIpc) is 3.11. The van der Waals surface area contributed by atoms with Crippen LogP contribution in [0.15, 0.2) is 55.0 Å². The van der Waals surface area contributed by atoms with Crippen LogP contribution < -0.4 is 4.74 Å². The number of aromatic amines is 1. The molecule has 4 heteroatoms. The van der Waals surface area contributed by atoms with E-state index < -0.39 is 0 Å². The normalized spacial score (nSPS) is 11.2. The zero-order chi connectivity index (χ0) is 13.5. The standard InChI is InChI=1S/C16H13N3O/c1-20-13-3-5-16-15(9-13)18-10-19(16)12-2-4-14-11(8-12)6-7-17-14/h2-10,17H,1H3. The number of nitrogens with one attached hydrogen (secondary N) is 1. The second-order valence-corrected chi connectivity index (χ2v) is 4.72. The number of methoxy groups -OCH3 is 1. The summed E-state index contributed by atoms with van der Waals surface area (Å²) in [5.74, 6) is 0.823. The number of hydrogen-bond donors (Lipinski definition) is 1. The number of nitrogens with zero attached hydrogens (tertiary/aromatic N) is 2. The van der Waals surface area contributed by atoms with Crippen LogP contribution in [0.3, 0.4) is 0 Å². The molecule has 20 heavy (non-hydrogen) atoms. The van der Waals surface area contributed by atoms with E-state index in [0.29, 0.717) is 0 Å². The molecule has 2 aromatic heterocycles. The van der Waals surface area contributed by atoms with Crippen LogP contribution in [0.5, 0.6) is 5.75 Å². The van der Waals surface area contributed by atoms with Crippen molar-refractivity contribution in [3.63, 3.8) is 0 Å². The zero-order valence-electron chi connectivity index (χ0n) is 11.0. The third-order valence-electron chi connectivity index (χ3n) is 3.57. The van der Waals surface area contributed by atoms with Crippen molar-refractivity contribution in [2.24, 2.45) is 0 Å². The SMILES string of the molecule is COc1ccc2c(c1)ncn2-c1ccc2[nH]ccc2c1. The van der Waals surface area contributed by atoms with Gasteiger partial charge in [0.1, 0.15) is 12.1 Å². The van der Waals surface area contributed by atoms with Crippen molar-refractivity contribution in [3.8, 4) is 11.4 Å². The van der Waals surface area contributed by atoms with Gasteiger partial charge >= 0.3 is 0 Å². The molecule has 0 aliphatic rings. The molecule has 0 saturated heterocycles. The molecule has 4 nitrogen and oxygen atoms in total. The van der Waals surface area contributed by atoms with Crippen molar-refractivity contribution in [1.82, 2.24) is 14.5 Å². The molecule has 0 radical (unpaired) electrons. The molecule has 0 aliphatic carbocycles. The molecule has 4 rings (SSSR count). The van der Waals surface area contributed by atoms with Crippen LogP contribution in [0, 0.1) is 0 Å². The predicted octanol–water partition coefficient (Wildman–Crippen LogP) is 3.52. The van der Waals surface area contributed by atoms with Crippen LogP contribution in [-0.2, 0) is 0 Å². The molecule has 0 unspecified atom stereocenters. The van der Waals surface area contributed by atoms with Crippen molar-refractivity contribution in [1.29, 1.82) is 0 Å². The number of H-pyrrole nitrogens is 1. The van der Waals surface area contributed by atoms with Gasteiger partial charge < -0.3 is 9.72 Å². The van der Waals surface area contributed by atoms with Gasteiger partial charge in [0, 0.05) is 28.9 Å². The van der Waals surface area contributed by atoms with E-state index in [4.69, 9.17) is 4.74 Å². The summed E-state index contributed by atoms with van der Waals surface area (Å²) in [6, 6.07) is 14.3. The smallest absolute Gasteiger partial charge is 0.121 e. The molecule has 98 valence electrons. The number of hydrogen-bond acceptors (Lipinski definition) is 2. The maximum Gasteiger partial charge on any atom is 0.121 e. The van der Waals surface area contributed by atoms with Gasteiger partial charge in [0.2, 0.25) is 0 Å². The second-order valence-electron chi connectivity index (χ2n) is 4.72. The van der Waals surface area contributed by atoms with Gasteiger partial charge in [-0.15, -0.1) is 0 Å². The highest BCUT2D eigenvalue weighted by molar-refractivity contribution is 5.84. The molecule has 0 bridgehead atoms. The Bertz CT molecular complexity index is 904. The lowest BCUT2D eigenvalue weighted by molar-refractivity contribution is 0.415. The third-order valence-corrected chi connectivity index (χ3v) is 3.57. The fourth-order valence-electron chi connectivity index (χ4n) is 2.52. The van der Waals surface area contributed by atoms with Crippen LogP contribution in [0.4, 0.5) is 0 Å². The summed E-state index contributed by atoms with van der Waals surface area (Å²) in [6.45, 7) is 0. The van der Waals surface area contributed by atoms with Gasteiger partial charge in [-0.25, -0.2) is 4.98 Å². The number of aromatic nitrogens is 3. The number of ether oxygens (including phenoxy) is 1. The topological polar surface area (TPSA) is 42.8 Å². The van der Waals surface area contributed by atoms with E-state index in [2.05, 4.69) is 38.8 Å². The Balaban J connectivity index is 1.92. The zero-order valence-corrected chi connectivity index (χ0v) is 11.0. The molecule has 0 amide bonds. The molecule has 2 heterocycles. The first kappa shape index (κ1) is 11.1. The second kappa shape index (κ2) is 4.13. The minimum atomic E-state index is 0.823. The lowest BCUT2D eigenvalue weighted by Crippen LogP contribution is -1.91. The first-order valence-electron chi connectivity index (χ1n) is 6.44. The summed E-state index contributed by atoms with van der Waals surface area (Å²) in [7, 11) is 1.66. The van der Waals surface area contributed by atoms with E-state index >= 15 is 0 Å². The van der Waals surface area contributed by atoms with Crippen molar-refractivity contribution >= 4 is 21.9 Å². The minimum Gasteiger partial charge on any atom is -0.497 e. The Morgan fingerprint density at radius 1 is 1.10 bits per heavy atom. The Morgan fingerprint density at radius 2 is 2.05 bits per heavy atom. The summed E-state index contributed by atoms with van der Waals surface area (Å²) in [5.41, 5.74) is 4.24. The van der Waals surface area contributed by atoms with Crippen LogP contribution >= 0.6 is 0 Å². The molecule has 0 atom stereocenters. The molecular weight excluding hydrogens is 250 g/mol. The highest BCUT2D eigenvalue weighted by atomic mass is 16.5. The van der Waals surface area contributed by atoms with Gasteiger partial charge in [-0.1, -0.05) is 0 Å². The Morgan fingerprint density at radius 3 is 2.95 bits per heavy atom. The van der Waals surface area contributed by atoms with Crippen molar-refractivity contribution in [2.45, 2.75) is 0 Å². The maximum absolute atomic E-state index is 5.23. The molecule has 4 aromatic rings. The van der Waals surface area contributed by atoms with Crippen molar-refractivity contribution in [3.05, 3.63) is 55.0 Å². The quantitative estimate of drug-likeness (QED) is 0.601. The Kier molecular flexibility index (Phi) is 2.29. The summed E-state index contributed by atoms with van der Waals surface area (Å²) < 4.78 is 7.32. The van der Waals surface area contributed by atoms with Gasteiger partial charge in [0.15, 0.2) is 0 Å². The average molecular weight is 263 g/mol. The first-order valence-corrected chi connectivity index (χ1v) is 6.44. The molecule has 0 aliphatic heterocycles. The van der Waals surface area contributed by atoms with Gasteiger partial charge in [-0.2, -0.15) is 0 Å². The molecule has 0 spiro atoms. The lowest BCUT2D eigenvalue weighted by atomic mass is 10.2. The summed E-state index contributed by atoms with van der Waals surface area (Å²) in [6.07, 6.45) is 3.79. The first-order chi connectivity index (χ1) is 9.85. The highest BCUT2D eigenvalue weighted by Gasteiger charge is 2.06. The van der Waals surface area contributed by atoms with Crippen LogP contribution in [-0.4, -0.2) is 21.6 Å². The van der Waals surface area contributed by atoms with Gasteiger partial charge in [-0.05, 0) is 36.4 Å². The number of rotatable bonds is 2. The maximum atomic E-state index is 5.23. The largest absolute Gasteiger partial charge is 0.497 e. The summed E-state index contributed by atoms with van der Waals surface area (Å²) in [4.78, 5) is 7.65. The molecule has 2 aromatic carbocycles. The Hall–Kier alpha value is -2.75. The van der Waals surface area contributed by atoms with Gasteiger partial charge in [0.05, 0.1) is 18.1 Å². The minimum absolute atomic E-state index is 0.823. The number of imidazole rings is 1. The monoisotopic (exact) mass is 263 g/mol. The van der Waals surface area contributed by atoms with E-state index in [1.807, 2.05) is 30.7 Å². The fraction of sp³-hybridized carbons (Fsp3) is 0.0625. The molecule has 1 N–H and O–H groups in total. The van der Waals surface area contributed by atoms with Gasteiger partial charge in [0.25, 0.3) is 0 Å². The lowest BCUT2D eigenvalue weighted by Gasteiger charge is -2.05. The van der Waals surface area contributed by atoms with E-state index in [-0.39, 0.29) is 0 Å². The van der Waals surface area contributed by atoms with Gasteiger partial charge in [-0.3, -0.25) is 4.57 Å². The van der Waals surface area contributed by atoms with Crippen LogP contribution in [0.25, 0.3) is 27.6 Å². The molecule has 0 saturated carbocycles. The number of benzene rings is 2. The third kappa shape index (κ3) is 1.58. The Labute approximate surface area is 115 Å². The van der Waals surface area contributed by atoms with Crippen molar-refractivity contribution < 1.29 is 4.74 Å². The predicted molar refractivity (Wildman–Crippen MR) is 79.5 cm³/mol. The van der Waals surface area contributed by atoms with E-state index in [0.717, 1.165) is 28.0 Å². The fourth-order valence-corrected chi connectivity index (χ4v) is 2.52. The summed E-state index contributed by atoms with van der Waals surface area (Å²) in [5, 5.41) is 1.19. The number of fused-ring (bicyclic) bond motifs is 2. The molecule has 0 fully saturated rings. The van der Waals surface area contributed by atoms with Crippen molar-refractivity contribution in [2.75, 3.05) is 7.11 Å². The van der Waals surface area contributed by atoms with E-state index in [9.17, 15) is 0 Å². The van der Waals surface area contributed by atoms with E-state index in [1.54, 1.807) is 7.11 Å². The molecular formula is C16H13N3O. The van der Waals surface area contributed by atoms with E-state index in [1.165, 1.54) is 5.39 Å². The van der Waals surface area contributed by atoms with Crippen LogP contribution in [0.2, 0.25) is 0 Å². The van der Waals surface area contributed by atoms with Crippen LogP contribution in [0.1, 0.15) is 0 Å². The highest BCUT2D eigenvalue weighted by Crippen LogP contribution is 2.24. The summed E-state index contributed by atoms with van der Waals surface area (Å²) >= 11 is 0.